The number of hydrogen-bond donors (Lipinski definition) is 1. The van der Waals surface area contributed by atoms with E-state index in [1.54, 1.807) is 13.1 Å². The molecule has 0 radical (unpaired) electrons. The van der Waals surface area contributed by atoms with Gasteiger partial charge in [-0.15, -0.1) is 5.01 Å². The van der Waals surface area contributed by atoms with Crippen LogP contribution < -0.4 is 5.32 Å². The van der Waals surface area contributed by atoms with Gasteiger partial charge in [0.05, 0.1) is 0 Å². The molecule has 1 aliphatic heterocycles. The summed E-state index contributed by atoms with van der Waals surface area (Å²) >= 11 is 0. The van der Waals surface area contributed by atoms with Crippen molar-refractivity contribution in [1.82, 2.24) is 10.3 Å². The molecule has 2 rings (SSSR count). The Hall–Kier alpha value is -1.39. The molecule has 5 heteroatoms. The van der Waals surface area contributed by atoms with Crippen molar-refractivity contribution < 1.29 is 9.59 Å². The predicted molar refractivity (Wildman–Crippen MR) is 69.1 cm³/mol. The van der Waals surface area contributed by atoms with E-state index in [2.05, 4.69) is 10.4 Å². The second-order valence-corrected chi connectivity index (χ2v) is 5.40. The minimum atomic E-state index is -0.791. The van der Waals surface area contributed by atoms with Crippen LogP contribution in [0.2, 0.25) is 0 Å². The van der Waals surface area contributed by atoms with Gasteiger partial charge in [-0.1, -0.05) is 26.2 Å². The fourth-order valence-electron chi connectivity index (χ4n) is 2.46. The fraction of sp³-hybridized carbons (Fsp3) is 0.769. The standard InChI is InChI=1S/C13H21N3O2/c1-3-13(2)11(17)16(12(18)15-13)14-9-10-7-5-4-6-8-10/h9-10H,3-8H2,1-2H3,(H,15,18)/b14-9+. The lowest BCUT2D eigenvalue weighted by atomic mass is 9.90. The molecule has 18 heavy (non-hydrogen) atoms. The van der Waals surface area contributed by atoms with Crippen LogP contribution in [0.3, 0.4) is 0 Å². The van der Waals surface area contributed by atoms with E-state index in [9.17, 15) is 9.59 Å². The quantitative estimate of drug-likeness (QED) is 0.618. The molecule has 1 heterocycles. The number of urea groups is 1. The number of hydrazone groups is 1. The maximum atomic E-state index is 12.1. The first-order valence-electron chi connectivity index (χ1n) is 6.77. The number of carbonyl (C=O) groups excluding carboxylic acids is 2. The van der Waals surface area contributed by atoms with E-state index in [0.29, 0.717) is 12.3 Å². The highest BCUT2D eigenvalue weighted by Crippen LogP contribution is 2.24. The number of nitrogens with one attached hydrogen (secondary N) is 1. The highest BCUT2D eigenvalue weighted by molar-refractivity contribution is 6.06. The van der Waals surface area contributed by atoms with Crippen LogP contribution >= 0.6 is 0 Å². The van der Waals surface area contributed by atoms with Gasteiger partial charge in [-0.05, 0) is 32.1 Å². The van der Waals surface area contributed by atoms with Crippen LogP contribution in [0.1, 0.15) is 52.4 Å². The molecule has 3 amide bonds. The van der Waals surface area contributed by atoms with Gasteiger partial charge in [-0.2, -0.15) is 5.10 Å². The van der Waals surface area contributed by atoms with Crippen molar-refractivity contribution >= 4 is 18.2 Å². The molecule has 5 nitrogen and oxygen atoms in total. The molecule has 1 unspecified atom stereocenters. The number of hydrogen-bond acceptors (Lipinski definition) is 3. The molecule has 2 fully saturated rings. The summed E-state index contributed by atoms with van der Waals surface area (Å²) in [4.78, 5) is 23.8. The topological polar surface area (TPSA) is 61.8 Å². The molecule has 2 aliphatic rings. The summed E-state index contributed by atoms with van der Waals surface area (Å²) in [5.74, 6) is 0.162. The first kappa shape index (κ1) is 13.1. The first-order chi connectivity index (χ1) is 8.57. The van der Waals surface area contributed by atoms with Gasteiger partial charge in [-0.3, -0.25) is 4.79 Å². The SMILES string of the molecule is CCC1(C)NC(=O)N(/N=C/C2CCCCC2)C1=O. The highest BCUT2D eigenvalue weighted by atomic mass is 16.2. The minimum Gasteiger partial charge on any atom is -0.322 e. The lowest BCUT2D eigenvalue weighted by Gasteiger charge is -2.18. The number of imide groups is 1. The summed E-state index contributed by atoms with van der Waals surface area (Å²) in [6.07, 6.45) is 8.27. The van der Waals surface area contributed by atoms with Gasteiger partial charge in [-0.25, -0.2) is 4.79 Å². The molecular weight excluding hydrogens is 230 g/mol. The Balaban J connectivity index is 2.02. The number of carbonyl (C=O) groups is 2. The Morgan fingerprint density at radius 1 is 1.39 bits per heavy atom. The van der Waals surface area contributed by atoms with Gasteiger partial charge in [0.1, 0.15) is 5.54 Å². The summed E-state index contributed by atoms with van der Waals surface area (Å²) in [7, 11) is 0. The minimum absolute atomic E-state index is 0.248. The summed E-state index contributed by atoms with van der Waals surface area (Å²) in [5.41, 5.74) is -0.791. The molecule has 0 spiro atoms. The second-order valence-electron chi connectivity index (χ2n) is 5.40. The van der Waals surface area contributed by atoms with Gasteiger partial charge in [0.25, 0.3) is 5.91 Å². The molecule has 0 aromatic rings. The van der Waals surface area contributed by atoms with Crippen LogP contribution in [0.5, 0.6) is 0 Å². The maximum absolute atomic E-state index is 12.1. The van der Waals surface area contributed by atoms with Crippen LogP contribution in [0, 0.1) is 5.92 Å². The maximum Gasteiger partial charge on any atom is 0.346 e. The van der Waals surface area contributed by atoms with Crippen LogP contribution in [0.15, 0.2) is 5.10 Å². The lowest BCUT2D eigenvalue weighted by Crippen LogP contribution is -2.42. The molecule has 1 atom stereocenters. The summed E-state index contributed by atoms with van der Waals surface area (Å²) in [6.45, 7) is 3.62. The largest absolute Gasteiger partial charge is 0.346 e. The molecule has 0 bridgehead atoms. The zero-order valence-corrected chi connectivity index (χ0v) is 11.1. The van der Waals surface area contributed by atoms with E-state index in [1.807, 2.05) is 6.92 Å². The highest BCUT2D eigenvalue weighted by Gasteiger charge is 2.46. The first-order valence-corrected chi connectivity index (χ1v) is 6.77. The smallest absolute Gasteiger partial charge is 0.322 e. The molecular formula is C13H21N3O2. The third-order valence-corrected chi connectivity index (χ3v) is 3.99. The number of nitrogens with zero attached hydrogens (tertiary/aromatic N) is 2. The van der Waals surface area contributed by atoms with Gasteiger partial charge >= 0.3 is 6.03 Å². The third kappa shape index (κ3) is 2.40. The van der Waals surface area contributed by atoms with Crippen molar-refractivity contribution in [3.05, 3.63) is 0 Å². The van der Waals surface area contributed by atoms with Crippen molar-refractivity contribution in [3.63, 3.8) is 0 Å². The van der Waals surface area contributed by atoms with Crippen LogP contribution in [0.4, 0.5) is 4.79 Å². The fourth-order valence-corrected chi connectivity index (χ4v) is 2.46. The van der Waals surface area contributed by atoms with E-state index < -0.39 is 11.6 Å². The Labute approximate surface area is 108 Å². The van der Waals surface area contributed by atoms with Crippen molar-refractivity contribution in [2.45, 2.75) is 57.9 Å². The average molecular weight is 251 g/mol. The summed E-state index contributed by atoms with van der Waals surface area (Å²) in [6, 6.07) is -0.406. The van der Waals surface area contributed by atoms with E-state index in [4.69, 9.17) is 0 Å². The van der Waals surface area contributed by atoms with E-state index in [-0.39, 0.29) is 5.91 Å². The third-order valence-electron chi connectivity index (χ3n) is 3.99. The molecule has 1 N–H and O–H groups in total. The number of rotatable bonds is 3. The molecule has 100 valence electrons. The predicted octanol–water partition coefficient (Wildman–Crippen LogP) is 2.27. The monoisotopic (exact) mass is 251 g/mol. The zero-order chi connectivity index (χ0) is 13.2. The Morgan fingerprint density at radius 3 is 2.61 bits per heavy atom. The summed E-state index contributed by atoms with van der Waals surface area (Å²) < 4.78 is 0. The molecule has 1 saturated heterocycles. The van der Waals surface area contributed by atoms with Crippen molar-refractivity contribution in [2.24, 2.45) is 11.0 Å². The Kier molecular flexibility index (Phi) is 3.68. The lowest BCUT2D eigenvalue weighted by molar-refractivity contribution is -0.130. The van der Waals surface area contributed by atoms with Crippen molar-refractivity contribution in [2.75, 3.05) is 0 Å². The van der Waals surface area contributed by atoms with E-state index in [0.717, 1.165) is 17.9 Å². The Morgan fingerprint density at radius 2 is 2.06 bits per heavy atom. The van der Waals surface area contributed by atoms with Crippen molar-refractivity contribution in [3.8, 4) is 0 Å². The molecule has 0 aromatic heterocycles. The van der Waals surface area contributed by atoms with E-state index in [1.165, 1.54) is 19.3 Å². The van der Waals surface area contributed by atoms with Crippen LogP contribution in [-0.4, -0.2) is 28.7 Å². The zero-order valence-electron chi connectivity index (χ0n) is 11.1. The molecule has 1 saturated carbocycles. The van der Waals surface area contributed by atoms with Gasteiger partial charge in [0.15, 0.2) is 0 Å². The van der Waals surface area contributed by atoms with E-state index >= 15 is 0 Å². The van der Waals surface area contributed by atoms with Crippen LogP contribution in [-0.2, 0) is 4.79 Å². The van der Waals surface area contributed by atoms with Gasteiger partial charge in [0.2, 0.25) is 0 Å². The number of amides is 3. The van der Waals surface area contributed by atoms with Gasteiger partial charge in [0, 0.05) is 6.21 Å². The van der Waals surface area contributed by atoms with Crippen molar-refractivity contribution in [1.29, 1.82) is 0 Å². The molecule has 0 aromatic carbocycles. The Bertz CT molecular complexity index is 374. The summed E-state index contributed by atoms with van der Waals surface area (Å²) in [5, 5.41) is 7.77. The van der Waals surface area contributed by atoms with Gasteiger partial charge < -0.3 is 5.32 Å². The average Bonchev–Trinajstić information content (AvgIpc) is 2.60. The second kappa shape index (κ2) is 5.08. The van der Waals surface area contributed by atoms with Crippen LogP contribution in [0.25, 0.3) is 0 Å². The molecule has 1 aliphatic carbocycles. The normalized spacial score (nSPS) is 30.2.